The third kappa shape index (κ3) is 7.23. The van der Waals surface area contributed by atoms with E-state index >= 15 is 17.6 Å². The van der Waals surface area contributed by atoms with E-state index in [1.807, 2.05) is 0 Å². The van der Waals surface area contributed by atoms with Gasteiger partial charge in [0.2, 0.25) is 10.0 Å². The molecule has 0 unspecified atom stereocenters. The van der Waals surface area contributed by atoms with Crippen LogP contribution in [0.15, 0.2) is 17.0 Å². The van der Waals surface area contributed by atoms with E-state index in [0.717, 1.165) is 44.9 Å². The number of sulfonamides is 2. The van der Waals surface area contributed by atoms with Gasteiger partial charge < -0.3 is 0 Å². The van der Waals surface area contributed by atoms with Crippen molar-refractivity contribution >= 4 is 29.9 Å². The van der Waals surface area contributed by atoms with Crippen molar-refractivity contribution in [2.75, 3.05) is 6.26 Å². The SMILES string of the molecule is C.CS(=O)(=O)NS(=O)(=O)C(F)(F)C(F)(F)C(F)(F)S(=O)(=O)c1c(C2CCCCC2)cc(C2CCCCC2)cc1C1CCCCC1. The summed E-state index contributed by atoms with van der Waals surface area (Å²) < 4.78 is 167. The molecule has 0 atom stereocenters. The predicted octanol–water partition coefficient (Wildman–Crippen LogP) is 7.94. The lowest BCUT2D eigenvalue weighted by Gasteiger charge is -2.35. The fourth-order valence-electron chi connectivity index (χ4n) is 7.00. The molecule has 260 valence electrons. The lowest BCUT2D eigenvalue weighted by molar-refractivity contribution is -0.243. The third-order valence-corrected chi connectivity index (χ3v) is 14.2. The highest BCUT2D eigenvalue weighted by molar-refractivity contribution is 8.05. The average molecular weight is 712 g/mol. The second-order valence-electron chi connectivity index (χ2n) is 12.5. The molecule has 1 aromatic rings. The largest absolute Gasteiger partial charge is 0.429 e. The number of benzene rings is 1. The van der Waals surface area contributed by atoms with E-state index in [-0.39, 0.29) is 34.9 Å². The van der Waals surface area contributed by atoms with E-state index in [1.165, 1.54) is 12.1 Å². The standard InChI is InChI=1S/C28H39F6NO6S3.CH4/c1-42(36,37)35-44(40,41)28(33,34)26(29,30)27(31,32)43(38,39)25-23(20-13-7-3-8-14-20)17-22(19-11-5-2-6-12-19)18-24(25)21-15-9-4-10-16-21;/h17-21,35H,2-16H2,1H3;1H4. The molecule has 3 aliphatic rings. The molecule has 0 spiro atoms. The Morgan fingerprint density at radius 3 is 1.31 bits per heavy atom. The second-order valence-corrected chi connectivity index (χ2v) is 18.2. The zero-order valence-electron chi connectivity index (χ0n) is 24.4. The first-order valence-corrected chi connectivity index (χ1v) is 19.9. The van der Waals surface area contributed by atoms with E-state index in [2.05, 4.69) is 0 Å². The van der Waals surface area contributed by atoms with Gasteiger partial charge in [0.15, 0.2) is 0 Å². The van der Waals surface area contributed by atoms with Gasteiger partial charge in [-0.1, -0.05) is 77.3 Å². The molecule has 16 heteroatoms. The highest BCUT2D eigenvalue weighted by Crippen LogP contribution is 2.55. The summed E-state index contributed by atoms with van der Waals surface area (Å²) in [6.45, 7) is 0. The summed E-state index contributed by atoms with van der Waals surface area (Å²) in [5.74, 6) is -8.30. The normalized spacial score (nSPS) is 21.0. The quantitative estimate of drug-likeness (QED) is 0.247. The molecule has 3 saturated carbocycles. The Bertz CT molecular complexity index is 1490. The molecule has 0 heterocycles. The molecule has 45 heavy (non-hydrogen) atoms. The highest BCUT2D eigenvalue weighted by atomic mass is 32.3. The van der Waals surface area contributed by atoms with Crippen molar-refractivity contribution in [3.8, 4) is 0 Å². The van der Waals surface area contributed by atoms with E-state index in [9.17, 15) is 34.0 Å². The Hall–Kier alpha value is -1.39. The van der Waals surface area contributed by atoms with Crippen molar-refractivity contribution in [2.45, 2.75) is 143 Å². The van der Waals surface area contributed by atoms with Crippen molar-refractivity contribution in [1.82, 2.24) is 4.13 Å². The van der Waals surface area contributed by atoms with Gasteiger partial charge in [0.25, 0.3) is 19.9 Å². The number of nitrogens with one attached hydrogen (secondary N) is 1. The van der Waals surface area contributed by atoms with Gasteiger partial charge in [-0.25, -0.2) is 25.3 Å². The van der Waals surface area contributed by atoms with E-state index in [1.54, 1.807) is 0 Å². The van der Waals surface area contributed by atoms with Gasteiger partial charge in [0.05, 0.1) is 11.2 Å². The van der Waals surface area contributed by atoms with Crippen molar-refractivity contribution in [1.29, 1.82) is 0 Å². The van der Waals surface area contributed by atoms with E-state index < -0.39 is 63.0 Å². The molecule has 0 amide bonds. The molecule has 0 saturated heterocycles. The van der Waals surface area contributed by atoms with Crippen molar-refractivity contribution in [3.05, 3.63) is 28.8 Å². The zero-order valence-corrected chi connectivity index (χ0v) is 26.9. The topological polar surface area (TPSA) is 114 Å². The predicted molar refractivity (Wildman–Crippen MR) is 160 cm³/mol. The number of hydrogen-bond acceptors (Lipinski definition) is 6. The van der Waals surface area contributed by atoms with Crippen LogP contribution >= 0.6 is 0 Å². The van der Waals surface area contributed by atoms with E-state index in [0.29, 0.717) is 56.9 Å². The lowest BCUT2D eigenvalue weighted by atomic mass is 9.76. The molecule has 0 aliphatic heterocycles. The summed E-state index contributed by atoms with van der Waals surface area (Å²) in [7, 11) is -18.9. The fraction of sp³-hybridized carbons (Fsp3) is 0.793. The number of halogens is 6. The minimum atomic E-state index is -7.06. The van der Waals surface area contributed by atoms with Crippen LogP contribution in [-0.4, -0.2) is 47.9 Å². The van der Waals surface area contributed by atoms with Crippen molar-refractivity contribution in [3.63, 3.8) is 0 Å². The molecule has 1 N–H and O–H groups in total. The molecule has 0 radical (unpaired) electrons. The summed E-state index contributed by atoms with van der Waals surface area (Å²) in [4.78, 5) is -1.12. The Kier molecular flexibility index (Phi) is 11.5. The molecular formula is C29H43F6NO6S3. The van der Waals surface area contributed by atoms with Crippen molar-refractivity contribution < 1.29 is 51.6 Å². The molecule has 4 rings (SSSR count). The van der Waals surface area contributed by atoms with Crippen LogP contribution in [-0.2, 0) is 29.9 Å². The smallest absolute Gasteiger partial charge is 0.217 e. The van der Waals surface area contributed by atoms with Gasteiger partial charge >= 0.3 is 16.4 Å². The second kappa shape index (κ2) is 13.6. The van der Waals surface area contributed by atoms with Gasteiger partial charge in [-0.2, -0.15) is 26.3 Å². The fourth-order valence-corrected chi connectivity index (χ4v) is 11.3. The van der Waals surface area contributed by atoms with Gasteiger partial charge in [-0.15, -0.1) is 4.13 Å². The average Bonchev–Trinajstić information content (AvgIpc) is 2.96. The molecule has 3 aliphatic carbocycles. The number of hydrogen-bond donors (Lipinski definition) is 1. The number of sulfone groups is 1. The highest BCUT2D eigenvalue weighted by Gasteiger charge is 2.82. The summed E-state index contributed by atoms with van der Waals surface area (Å²) in [6.07, 6.45) is 9.97. The first kappa shape index (κ1) is 38.1. The molecular weight excluding hydrogens is 669 g/mol. The maximum atomic E-state index is 15.8. The van der Waals surface area contributed by atoms with Gasteiger partial charge in [0.1, 0.15) is 0 Å². The molecule has 0 aromatic heterocycles. The Morgan fingerprint density at radius 2 is 0.956 bits per heavy atom. The van der Waals surface area contributed by atoms with Gasteiger partial charge in [0, 0.05) is 0 Å². The van der Waals surface area contributed by atoms with Crippen LogP contribution in [0.1, 0.15) is 138 Å². The number of alkyl halides is 6. The van der Waals surface area contributed by atoms with Crippen LogP contribution in [0.4, 0.5) is 26.3 Å². The summed E-state index contributed by atoms with van der Waals surface area (Å²) in [5.41, 5.74) is 0.499. The first-order valence-electron chi connectivity index (χ1n) is 15.0. The Labute approximate surface area is 263 Å². The monoisotopic (exact) mass is 711 g/mol. The lowest BCUT2D eigenvalue weighted by Crippen LogP contribution is -2.63. The Balaban J connectivity index is 0.00000552. The van der Waals surface area contributed by atoms with Crippen LogP contribution in [0, 0.1) is 0 Å². The van der Waals surface area contributed by atoms with Crippen LogP contribution in [0.3, 0.4) is 0 Å². The molecule has 0 bridgehead atoms. The van der Waals surface area contributed by atoms with E-state index in [4.69, 9.17) is 0 Å². The maximum absolute atomic E-state index is 15.8. The molecule has 1 aromatic carbocycles. The zero-order chi connectivity index (χ0) is 32.8. The maximum Gasteiger partial charge on any atom is 0.429 e. The third-order valence-electron chi connectivity index (χ3n) is 9.27. The van der Waals surface area contributed by atoms with Crippen LogP contribution in [0.2, 0.25) is 0 Å². The van der Waals surface area contributed by atoms with Gasteiger partial charge in [-0.05, 0) is 73.0 Å². The van der Waals surface area contributed by atoms with Crippen LogP contribution in [0.5, 0.6) is 0 Å². The van der Waals surface area contributed by atoms with Crippen LogP contribution in [0.25, 0.3) is 0 Å². The molecule has 7 nitrogen and oxygen atoms in total. The van der Waals surface area contributed by atoms with Crippen LogP contribution < -0.4 is 4.13 Å². The molecule has 3 fully saturated rings. The summed E-state index contributed by atoms with van der Waals surface area (Å²) in [5, 5.41) is -13.5. The first-order chi connectivity index (χ1) is 20.2. The minimum Gasteiger partial charge on any atom is -0.217 e. The summed E-state index contributed by atoms with van der Waals surface area (Å²) >= 11 is 0. The number of rotatable bonds is 10. The minimum absolute atomic E-state index is 0. The van der Waals surface area contributed by atoms with Gasteiger partial charge in [-0.3, -0.25) is 0 Å². The van der Waals surface area contributed by atoms with Crippen molar-refractivity contribution in [2.24, 2.45) is 0 Å². The Morgan fingerprint density at radius 1 is 0.600 bits per heavy atom. The summed E-state index contributed by atoms with van der Waals surface area (Å²) in [6, 6.07) is 2.94.